The normalized spacial score (nSPS) is 17.9. The molecule has 1 aliphatic carbocycles. The van der Waals surface area contributed by atoms with E-state index in [9.17, 15) is 24.0 Å². The van der Waals surface area contributed by atoms with Crippen LogP contribution in [0, 0.1) is 0 Å². The molecule has 0 unspecified atom stereocenters. The maximum Gasteiger partial charge on any atom is 0.338 e. The second kappa shape index (κ2) is 8.85. The molecule has 9 nitrogen and oxygen atoms in total. The van der Waals surface area contributed by atoms with Gasteiger partial charge in [0.2, 0.25) is 11.8 Å². The topological polar surface area (TPSA) is 122 Å². The van der Waals surface area contributed by atoms with E-state index in [1.54, 1.807) is 0 Å². The van der Waals surface area contributed by atoms with Crippen molar-refractivity contribution < 1.29 is 28.7 Å². The molecule has 154 valence electrons. The lowest BCUT2D eigenvalue weighted by molar-refractivity contribution is -0.128. The van der Waals surface area contributed by atoms with Gasteiger partial charge in [-0.05, 0) is 44.0 Å². The van der Waals surface area contributed by atoms with Gasteiger partial charge in [0, 0.05) is 18.9 Å². The standard InChI is InChI=1S/C20H23N3O6/c1-12(18(26)22-20(28)21-14-4-2-3-5-14)29-19(27)13-6-8-15(9-7-13)23-16(24)10-11-17(23)25/h6-9,12,14H,2-5,10-11H2,1H3,(H2,21,22,26,28)/t12-/m0/s1. The Morgan fingerprint density at radius 1 is 1.03 bits per heavy atom. The van der Waals surface area contributed by atoms with Crippen LogP contribution in [0.4, 0.5) is 10.5 Å². The number of carbonyl (C=O) groups excluding carboxylic acids is 5. The van der Waals surface area contributed by atoms with E-state index in [2.05, 4.69) is 10.6 Å². The van der Waals surface area contributed by atoms with E-state index in [4.69, 9.17) is 4.74 Å². The molecule has 2 N–H and O–H groups in total. The number of hydrogen-bond acceptors (Lipinski definition) is 6. The van der Waals surface area contributed by atoms with Crippen LogP contribution in [0.25, 0.3) is 0 Å². The summed E-state index contributed by atoms with van der Waals surface area (Å²) in [7, 11) is 0. The van der Waals surface area contributed by atoms with Crippen molar-refractivity contribution in [2.45, 2.75) is 57.6 Å². The highest BCUT2D eigenvalue weighted by Gasteiger charge is 2.30. The van der Waals surface area contributed by atoms with Crippen LogP contribution in [0.5, 0.6) is 0 Å². The Kier molecular flexibility index (Phi) is 6.26. The lowest BCUT2D eigenvalue weighted by Gasteiger charge is -2.16. The predicted molar refractivity (Wildman–Crippen MR) is 102 cm³/mol. The zero-order valence-electron chi connectivity index (χ0n) is 16.1. The predicted octanol–water partition coefficient (Wildman–Crippen LogP) is 1.65. The number of anilines is 1. The van der Waals surface area contributed by atoms with Crippen LogP contribution in [0.2, 0.25) is 0 Å². The van der Waals surface area contributed by atoms with E-state index in [0.717, 1.165) is 30.6 Å². The van der Waals surface area contributed by atoms with Crippen LogP contribution < -0.4 is 15.5 Å². The second-order valence-corrected chi connectivity index (χ2v) is 7.16. The molecular formula is C20H23N3O6. The summed E-state index contributed by atoms with van der Waals surface area (Å²) in [6.07, 6.45) is 3.04. The first-order valence-electron chi connectivity index (χ1n) is 9.63. The molecule has 0 aromatic heterocycles. The molecule has 0 bridgehead atoms. The van der Waals surface area contributed by atoms with Gasteiger partial charge < -0.3 is 10.1 Å². The SMILES string of the molecule is C[C@H](OC(=O)c1ccc(N2C(=O)CCC2=O)cc1)C(=O)NC(=O)NC1CCCC1. The third kappa shape index (κ3) is 4.98. The Hall–Kier alpha value is -3.23. The minimum Gasteiger partial charge on any atom is -0.449 e. The second-order valence-electron chi connectivity index (χ2n) is 7.16. The fraction of sp³-hybridized carbons (Fsp3) is 0.450. The first-order valence-corrected chi connectivity index (χ1v) is 9.63. The van der Waals surface area contributed by atoms with Gasteiger partial charge in [-0.25, -0.2) is 9.59 Å². The Morgan fingerprint density at radius 2 is 1.62 bits per heavy atom. The number of esters is 1. The number of imide groups is 2. The molecule has 3 rings (SSSR count). The van der Waals surface area contributed by atoms with E-state index in [0.29, 0.717) is 5.69 Å². The summed E-state index contributed by atoms with van der Waals surface area (Å²) < 4.78 is 5.10. The van der Waals surface area contributed by atoms with Gasteiger partial charge in [-0.2, -0.15) is 0 Å². The van der Waals surface area contributed by atoms with Gasteiger partial charge in [0.25, 0.3) is 5.91 Å². The smallest absolute Gasteiger partial charge is 0.338 e. The van der Waals surface area contributed by atoms with E-state index < -0.39 is 24.0 Å². The molecule has 9 heteroatoms. The average molecular weight is 401 g/mol. The molecule has 29 heavy (non-hydrogen) atoms. The minimum absolute atomic E-state index is 0.0635. The Balaban J connectivity index is 1.52. The molecule has 0 spiro atoms. The lowest BCUT2D eigenvalue weighted by Crippen LogP contribution is -2.47. The van der Waals surface area contributed by atoms with Gasteiger partial charge in [-0.3, -0.25) is 24.6 Å². The number of ether oxygens (including phenoxy) is 1. The van der Waals surface area contributed by atoms with E-state index >= 15 is 0 Å². The molecule has 1 atom stereocenters. The molecule has 1 saturated heterocycles. The fourth-order valence-electron chi connectivity index (χ4n) is 3.40. The number of amides is 5. The number of benzene rings is 1. The van der Waals surface area contributed by atoms with E-state index in [1.807, 2.05) is 0 Å². The van der Waals surface area contributed by atoms with Crippen molar-refractivity contribution in [1.82, 2.24) is 10.6 Å². The van der Waals surface area contributed by atoms with Crippen molar-refractivity contribution in [3.63, 3.8) is 0 Å². The maximum atomic E-state index is 12.2. The number of carbonyl (C=O) groups is 5. The molecule has 1 aliphatic heterocycles. The number of urea groups is 1. The Morgan fingerprint density at radius 3 is 2.21 bits per heavy atom. The van der Waals surface area contributed by atoms with Crippen LogP contribution >= 0.6 is 0 Å². The van der Waals surface area contributed by atoms with Crippen molar-refractivity contribution in [1.29, 1.82) is 0 Å². The number of nitrogens with zero attached hydrogens (tertiary/aromatic N) is 1. The summed E-state index contributed by atoms with van der Waals surface area (Å²) in [6, 6.07) is 5.22. The number of nitrogens with one attached hydrogen (secondary N) is 2. The Labute approximate surface area is 167 Å². The van der Waals surface area contributed by atoms with Crippen molar-refractivity contribution in [2.75, 3.05) is 4.90 Å². The Bertz CT molecular complexity index is 813. The average Bonchev–Trinajstić information content (AvgIpc) is 3.31. The van der Waals surface area contributed by atoms with Crippen LogP contribution in [-0.2, 0) is 19.1 Å². The molecule has 1 aromatic rings. The summed E-state index contributed by atoms with van der Waals surface area (Å²) in [6.45, 7) is 1.37. The number of rotatable bonds is 5. The molecule has 2 aliphatic rings. The third-order valence-electron chi connectivity index (χ3n) is 4.99. The van der Waals surface area contributed by atoms with Crippen LogP contribution in [0.1, 0.15) is 55.8 Å². The fourth-order valence-corrected chi connectivity index (χ4v) is 3.40. The number of hydrogen-bond donors (Lipinski definition) is 2. The zero-order chi connectivity index (χ0) is 21.0. The molecule has 0 radical (unpaired) electrons. The first-order chi connectivity index (χ1) is 13.8. The van der Waals surface area contributed by atoms with Gasteiger partial charge in [-0.15, -0.1) is 0 Å². The van der Waals surface area contributed by atoms with E-state index in [-0.39, 0.29) is 36.3 Å². The minimum atomic E-state index is -1.17. The highest BCUT2D eigenvalue weighted by Crippen LogP contribution is 2.23. The third-order valence-corrected chi connectivity index (χ3v) is 4.99. The summed E-state index contributed by atoms with van der Waals surface area (Å²) in [5.74, 6) is -2.05. The van der Waals surface area contributed by atoms with Crippen molar-refractivity contribution in [2.24, 2.45) is 0 Å². The van der Waals surface area contributed by atoms with E-state index in [1.165, 1.54) is 31.2 Å². The van der Waals surface area contributed by atoms with Crippen molar-refractivity contribution >= 4 is 35.4 Å². The van der Waals surface area contributed by atoms with Gasteiger partial charge >= 0.3 is 12.0 Å². The zero-order valence-corrected chi connectivity index (χ0v) is 16.1. The molecule has 1 heterocycles. The van der Waals surface area contributed by atoms with Crippen LogP contribution in [0.3, 0.4) is 0 Å². The van der Waals surface area contributed by atoms with Gasteiger partial charge in [0.15, 0.2) is 6.10 Å². The molecule has 2 fully saturated rings. The highest BCUT2D eigenvalue weighted by atomic mass is 16.5. The first kappa shape index (κ1) is 20.5. The molecule has 1 aromatic carbocycles. The quantitative estimate of drug-likeness (QED) is 0.572. The summed E-state index contributed by atoms with van der Waals surface area (Å²) in [5, 5.41) is 4.89. The van der Waals surface area contributed by atoms with Gasteiger partial charge in [0.1, 0.15) is 0 Å². The monoisotopic (exact) mass is 401 g/mol. The van der Waals surface area contributed by atoms with Gasteiger partial charge in [0.05, 0.1) is 11.3 Å². The molecule has 1 saturated carbocycles. The largest absolute Gasteiger partial charge is 0.449 e. The van der Waals surface area contributed by atoms with Gasteiger partial charge in [-0.1, -0.05) is 12.8 Å². The van der Waals surface area contributed by atoms with Crippen molar-refractivity contribution in [3.8, 4) is 0 Å². The molecular weight excluding hydrogens is 378 g/mol. The highest BCUT2D eigenvalue weighted by molar-refractivity contribution is 6.19. The summed E-state index contributed by atoms with van der Waals surface area (Å²) in [4.78, 5) is 60.7. The summed E-state index contributed by atoms with van der Waals surface area (Å²) in [5.41, 5.74) is 0.534. The molecule has 5 amide bonds. The van der Waals surface area contributed by atoms with Crippen LogP contribution in [0.15, 0.2) is 24.3 Å². The van der Waals surface area contributed by atoms with Crippen LogP contribution in [-0.4, -0.2) is 41.9 Å². The maximum absolute atomic E-state index is 12.2. The summed E-state index contributed by atoms with van der Waals surface area (Å²) >= 11 is 0. The lowest BCUT2D eigenvalue weighted by atomic mass is 10.2. The van der Waals surface area contributed by atoms with Crippen molar-refractivity contribution in [3.05, 3.63) is 29.8 Å².